The molecule has 9 heteroatoms. The molecule has 0 radical (unpaired) electrons. The molecule has 29 heavy (non-hydrogen) atoms. The topological polar surface area (TPSA) is 101 Å². The molecule has 0 unspecified atom stereocenters. The second-order valence-electron chi connectivity index (χ2n) is 7.19. The number of hydrogen-bond acceptors (Lipinski definition) is 5. The minimum atomic E-state index is -3.48. The second kappa shape index (κ2) is 7.14. The SMILES string of the molecule is CS(=O)(=O)c1ccc(-c2ccc3oc(C4CCN(C(=O)O)CC4)nc3c2)c(F)c1. The molecule has 1 amide bonds. The molecule has 2 heterocycles. The second-order valence-corrected chi connectivity index (χ2v) is 9.21. The van der Waals surface area contributed by atoms with Crippen molar-refractivity contribution in [2.24, 2.45) is 0 Å². The van der Waals surface area contributed by atoms with Crippen molar-refractivity contribution in [3.63, 3.8) is 0 Å². The third-order valence-electron chi connectivity index (χ3n) is 5.20. The van der Waals surface area contributed by atoms with Crippen LogP contribution in [0.25, 0.3) is 22.2 Å². The summed E-state index contributed by atoms with van der Waals surface area (Å²) in [6.07, 6.45) is 1.38. The molecule has 2 aromatic carbocycles. The zero-order chi connectivity index (χ0) is 20.8. The fourth-order valence-electron chi connectivity index (χ4n) is 3.57. The average molecular weight is 418 g/mol. The molecule has 1 N–H and O–H groups in total. The first-order valence-corrected chi connectivity index (χ1v) is 11.0. The first kappa shape index (κ1) is 19.4. The number of fused-ring (bicyclic) bond motifs is 1. The Morgan fingerprint density at radius 2 is 1.93 bits per heavy atom. The van der Waals surface area contributed by atoms with Crippen molar-refractivity contribution < 1.29 is 27.1 Å². The molecule has 152 valence electrons. The van der Waals surface area contributed by atoms with E-state index >= 15 is 0 Å². The number of carbonyl (C=O) groups is 1. The summed E-state index contributed by atoms with van der Waals surface area (Å²) in [4.78, 5) is 16.9. The number of carboxylic acid groups (broad SMARTS) is 1. The van der Waals surface area contributed by atoms with Crippen LogP contribution in [0.2, 0.25) is 0 Å². The van der Waals surface area contributed by atoms with Crippen molar-refractivity contribution in [1.29, 1.82) is 0 Å². The summed E-state index contributed by atoms with van der Waals surface area (Å²) in [5.74, 6) is -0.0423. The third-order valence-corrected chi connectivity index (χ3v) is 6.31. The minimum absolute atomic E-state index is 0.0345. The van der Waals surface area contributed by atoms with E-state index in [9.17, 15) is 17.6 Å². The molecule has 0 aliphatic carbocycles. The van der Waals surface area contributed by atoms with Crippen LogP contribution < -0.4 is 0 Å². The number of benzene rings is 2. The molecule has 1 fully saturated rings. The van der Waals surface area contributed by atoms with Gasteiger partial charge in [0.1, 0.15) is 11.3 Å². The van der Waals surface area contributed by atoms with Crippen LogP contribution in [0.15, 0.2) is 45.7 Å². The molecule has 1 aliphatic rings. The molecule has 0 bridgehead atoms. The lowest BCUT2D eigenvalue weighted by atomic mass is 9.97. The van der Waals surface area contributed by atoms with Gasteiger partial charge in [-0.15, -0.1) is 0 Å². The Labute approximate surface area is 166 Å². The predicted molar refractivity (Wildman–Crippen MR) is 104 cm³/mol. The minimum Gasteiger partial charge on any atom is -0.465 e. The monoisotopic (exact) mass is 418 g/mol. The molecule has 1 aromatic heterocycles. The van der Waals surface area contributed by atoms with Crippen molar-refractivity contribution >= 4 is 27.0 Å². The molecule has 1 aliphatic heterocycles. The maximum absolute atomic E-state index is 14.5. The van der Waals surface area contributed by atoms with Crippen molar-refractivity contribution in [3.05, 3.63) is 48.1 Å². The summed E-state index contributed by atoms with van der Waals surface area (Å²) >= 11 is 0. The van der Waals surface area contributed by atoms with Gasteiger partial charge in [-0.25, -0.2) is 22.6 Å². The molecule has 3 aromatic rings. The van der Waals surface area contributed by atoms with E-state index in [4.69, 9.17) is 9.52 Å². The number of nitrogens with zero attached hydrogens (tertiary/aromatic N) is 2. The van der Waals surface area contributed by atoms with E-state index < -0.39 is 21.7 Å². The summed E-state index contributed by atoms with van der Waals surface area (Å²) in [5, 5.41) is 9.06. The van der Waals surface area contributed by atoms with Crippen LogP contribution in [0.5, 0.6) is 0 Å². The number of hydrogen-bond donors (Lipinski definition) is 1. The summed E-state index contributed by atoms with van der Waals surface area (Å²) in [5.41, 5.74) is 1.98. The third kappa shape index (κ3) is 3.82. The number of sulfone groups is 1. The first-order chi connectivity index (χ1) is 13.7. The summed E-state index contributed by atoms with van der Waals surface area (Å²) in [6, 6.07) is 8.94. The maximum Gasteiger partial charge on any atom is 0.407 e. The van der Waals surface area contributed by atoms with Gasteiger partial charge in [0, 0.05) is 30.8 Å². The Kier molecular flexibility index (Phi) is 4.77. The van der Waals surface area contributed by atoms with Crippen LogP contribution in [0.3, 0.4) is 0 Å². The van der Waals surface area contributed by atoms with E-state index in [0.29, 0.717) is 48.5 Å². The number of amides is 1. The number of likely N-dealkylation sites (tertiary alicyclic amines) is 1. The van der Waals surface area contributed by atoms with Crippen LogP contribution in [0.4, 0.5) is 9.18 Å². The highest BCUT2D eigenvalue weighted by Gasteiger charge is 2.27. The zero-order valence-electron chi connectivity index (χ0n) is 15.6. The molecular formula is C20H19FN2O5S. The lowest BCUT2D eigenvalue weighted by Crippen LogP contribution is -2.36. The van der Waals surface area contributed by atoms with Gasteiger partial charge >= 0.3 is 6.09 Å². The molecule has 7 nitrogen and oxygen atoms in total. The van der Waals surface area contributed by atoms with E-state index in [-0.39, 0.29) is 16.4 Å². The van der Waals surface area contributed by atoms with Gasteiger partial charge in [0.05, 0.1) is 4.90 Å². The highest BCUT2D eigenvalue weighted by Crippen LogP contribution is 2.32. The summed E-state index contributed by atoms with van der Waals surface area (Å²) in [7, 11) is -3.48. The fraction of sp³-hybridized carbons (Fsp3) is 0.300. The maximum atomic E-state index is 14.5. The van der Waals surface area contributed by atoms with E-state index in [2.05, 4.69) is 4.98 Å². The van der Waals surface area contributed by atoms with E-state index in [1.165, 1.54) is 17.0 Å². The predicted octanol–water partition coefficient (Wildman–Crippen LogP) is 3.89. The van der Waals surface area contributed by atoms with Crippen molar-refractivity contribution in [1.82, 2.24) is 9.88 Å². The van der Waals surface area contributed by atoms with Gasteiger partial charge in [-0.2, -0.15) is 0 Å². The van der Waals surface area contributed by atoms with Crippen LogP contribution in [-0.4, -0.2) is 48.8 Å². The van der Waals surface area contributed by atoms with Gasteiger partial charge in [-0.05, 0) is 42.7 Å². The lowest BCUT2D eigenvalue weighted by molar-refractivity contribution is 0.129. The van der Waals surface area contributed by atoms with Crippen molar-refractivity contribution in [3.8, 4) is 11.1 Å². The van der Waals surface area contributed by atoms with E-state index in [1.54, 1.807) is 18.2 Å². The molecule has 0 atom stereocenters. The van der Waals surface area contributed by atoms with Gasteiger partial charge in [0.2, 0.25) is 0 Å². The highest BCUT2D eigenvalue weighted by atomic mass is 32.2. The quantitative estimate of drug-likeness (QED) is 0.692. The summed E-state index contributed by atoms with van der Waals surface area (Å²) in [6.45, 7) is 0.865. The van der Waals surface area contributed by atoms with E-state index in [1.807, 2.05) is 0 Å². The Bertz CT molecular complexity index is 1200. The first-order valence-electron chi connectivity index (χ1n) is 9.11. The average Bonchev–Trinajstić information content (AvgIpc) is 3.10. The fourth-order valence-corrected chi connectivity index (χ4v) is 4.20. The largest absolute Gasteiger partial charge is 0.465 e. The number of rotatable bonds is 3. The molecule has 0 spiro atoms. The normalized spacial score (nSPS) is 15.7. The van der Waals surface area contributed by atoms with Gasteiger partial charge < -0.3 is 14.4 Å². The van der Waals surface area contributed by atoms with Crippen molar-refractivity contribution in [2.45, 2.75) is 23.7 Å². The number of oxazole rings is 1. The van der Waals surface area contributed by atoms with E-state index in [0.717, 1.165) is 12.3 Å². The lowest BCUT2D eigenvalue weighted by Gasteiger charge is -2.28. The Hall–Kier alpha value is -2.94. The molecule has 0 saturated carbocycles. The van der Waals surface area contributed by atoms with Gasteiger partial charge in [-0.3, -0.25) is 0 Å². The number of piperidine rings is 1. The Morgan fingerprint density at radius 1 is 1.21 bits per heavy atom. The van der Waals surface area contributed by atoms with Crippen LogP contribution in [0.1, 0.15) is 24.7 Å². The zero-order valence-corrected chi connectivity index (χ0v) is 16.4. The van der Waals surface area contributed by atoms with Crippen LogP contribution >= 0.6 is 0 Å². The summed E-state index contributed by atoms with van der Waals surface area (Å²) < 4.78 is 43.5. The molecule has 4 rings (SSSR count). The molecule has 1 saturated heterocycles. The van der Waals surface area contributed by atoms with Crippen LogP contribution in [-0.2, 0) is 9.84 Å². The standard InChI is InChI=1S/C20H19FN2O5S/c1-29(26,27)14-3-4-15(16(21)11-14)13-2-5-18-17(10-13)22-19(28-18)12-6-8-23(9-7-12)20(24)25/h2-5,10-12H,6-9H2,1H3,(H,24,25). The smallest absolute Gasteiger partial charge is 0.407 e. The number of aromatic nitrogens is 1. The Morgan fingerprint density at radius 3 is 2.55 bits per heavy atom. The van der Waals surface area contributed by atoms with Gasteiger partial charge in [0.15, 0.2) is 21.3 Å². The highest BCUT2D eigenvalue weighted by molar-refractivity contribution is 7.90. The molecular weight excluding hydrogens is 399 g/mol. The van der Waals surface area contributed by atoms with Gasteiger partial charge in [0.25, 0.3) is 0 Å². The number of halogens is 1. The Balaban J connectivity index is 1.62. The van der Waals surface area contributed by atoms with Crippen LogP contribution in [0, 0.1) is 5.82 Å². The van der Waals surface area contributed by atoms with Gasteiger partial charge in [-0.1, -0.05) is 12.1 Å². The van der Waals surface area contributed by atoms with Crippen molar-refractivity contribution in [2.75, 3.05) is 19.3 Å².